The molecule has 0 aliphatic rings. The van der Waals surface area contributed by atoms with Gasteiger partial charge < -0.3 is 19.7 Å². The largest absolute Gasteiger partial charge is 0.493 e. The molecule has 0 aliphatic carbocycles. The lowest BCUT2D eigenvalue weighted by atomic mass is 10.1. The number of anilines is 2. The van der Waals surface area contributed by atoms with E-state index in [4.69, 9.17) is 21.1 Å². The van der Waals surface area contributed by atoms with Gasteiger partial charge in [0.1, 0.15) is 6.61 Å². The molecule has 2 aromatic carbocycles. The highest BCUT2D eigenvalue weighted by molar-refractivity contribution is 6.34. The van der Waals surface area contributed by atoms with Gasteiger partial charge in [-0.3, -0.25) is 4.79 Å². The molecule has 0 heterocycles. The lowest BCUT2D eigenvalue weighted by Crippen LogP contribution is -2.17. The van der Waals surface area contributed by atoms with Crippen LogP contribution in [0.15, 0.2) is 49.1 Å². The Hall–Kier alpha value is -2.66. The molecule has 0 aromatic heterocycles. The summed E-state index contributed by atoms with van der Waals surface area (Å²) in [7, 11) is 5.26. The highest BCUT2D eigenvalue weighted by Gasteiger charge is 2.15. The van der Waals surface area contributed by atoms with Crippen LogP contribution in [0.5, 0.6) is 11.5 Å². The normalized spacial score (nSPS) is 10.1. The molecule has 0 unspecified atom stereocenters. The fourth-order valence-corrected chi connectivity index (χ4v) is 2.69. The van der Waals surface area contributed by atoms with Crippen LogP contribution in [0.1, 0.15) is 10.4 Å². The number of nitrogens with zero attached hydrogens (tertiary/aromatic N) is 1. The summed E-state index contributed by atoms with van der Waals surface area (Å²) in [6.07, 6.45) is 1.64. The van der Waals surface area contributed by atoms with Crippen molar-refractivity contribution in [3.63, 3.8) is 0 Å². The number of carbonyl (C=O) groups is 1. The summed E-state index contributed by atoms with van der Waals surface area (Å²) in [5.74, 6) is 0.767. The first-order chi connectivity index (χ1) is 12.0. The van der Waals surface area contributed by atoms with Gasteiger partial charge in [0, 0.05) is 19.7 Å². The van der Waals surface area contributed by atoms with Gasteiger partial charge in [-0.1, -0.05) is 30.3 Å². The third kappa shape index (κ3) is 4.45. The summed E-state index contributed by atoms with van der Waals surface area (Å²) < 4.78 is 10.8. The number of ether oxygens (including phenoxy) is 2. The van der Waals surface area contributed by atoms with Gasteiger partial charge in [0.25, 0.3) is 5.91 Å². The molecule has 2 aromatic rings. The lowest BCUT2D eigenvalue weighted by Gasteiger charge is -2.19. The zero-order valence-corrected chi connectivity index (χ0v) is 15.3. The Kier molecular flexibility index (Phi) is 6.31. The molecule has 0 spiro atoms. The Morgan fingerprint density at radius 1 is 1.28 bits per heavy atom. The topological polar surface area (TPSA) is 50.8 Å². The van der Waals surface area contributed by atoms with Crippen LogP contribution >= 0.6 is 11.6 Å². The predicted octanol–water partition coefficient (Wildman–Crippen LogP) is 4.23. The molecule has 1 N–H and O–H groups in total. The molecule has 0 radical (unpaired) electrons. The molecular weight excluding hydrogens is 340 g/mol. The minimum Gasteiger partial charge on any atom is -0.493 e. The van der Waals surface area contributed by atoms with Crippen LogP contribution < -0.4 is 19.7 Å². The average molecular weight is 361 g/mol. The number of para-hydroxylation sites is 1. The van der Waals surface area contributed by atoms with Crippen LogP contribution in [0, 0.1) is 0 Å². The van der Waals surface area contributed by atoms with Crippen LogP contribution in [0.2, 0.25) is 5.02 Å². The van der Waals surface area contributed by atoms with Gasteiger partial charge in [-0.25, -0.2) is 0 Å². The maximum atomic E-state index is 12.6. The molecule has 1 amide bonds. The van der Waals surface area contributed by atoms with Crippen molar-refractivity contribution in [1.82, 2.24) is 0 Å². The van der Waals surface area contributed by atoms with Crippen molar-refractivity contribution < 1.29 is 14.3 Å². The second-order valence-corrected chi connectivity index (χ2v) is 5.86. The Labute approximate surface area is 152 Å². The maximum Gasteiger partial charge on any atom is 0.255 e. The Balaban J connectivity index is 2.27. The Morgan fingerprint density at radius 2 is 2.04 bits per heavy atom. The molecule has 0 bridgehead atoms. The molecule has 0 saturated heterocycles. The van der Waals surface area contributed by atoms with Gasteiger partial charge in [0.05, 0.1) is 23.5 Å². The first-order valence-electron chi connectivity index (χ1n) is 7.66. The Bertz CT molecular complexity index is 775. The quantitative estimate of drug-likeness (QED) is 0.751. The van der Waals surface area contributed by atoms with Crippen molar-refractivity contribution in [2.24, 2.45) is 0 Å². The van der Waals surface area contributed by atoms with Crippen molar-refractivity contribution in [1.29, 1.82) is 0 Å². The zero-order chi connectivity index (χ0) is 18.4. The van der Waals surface area contributed by atoms with Crippen molar-refractivity contribution in [2.45, 2.75) is 0 Å². The minimum atomic E-state index is -0.265. The van der Waals surface area contributed by atoms with Gasteiger partial charge in [-0.15, -0.1) is 0 Å². The summed E-state index contributed by atoms with van der Waals surface area (Å²) >= 11 is 6.23. The van der Waals surface area contributed by atoms with Gasteiger partial charge in [-0.05, 0) is 30.3 Å². The number of hydrogen-bond acceptors (Lipinski definition) is 4. The minimum absolute atomic E-state index is 0.265. The van der Waals surface area contributed by atoms with Crippen LogP contribution in [-0.4, -0.2) is 33.7 Å². The van der Waals surface area contributed by atoms with E-state index >= 15 is 0 Å². The van der Waals surface area contributed by atoms with Crippen molar-refractivity contribution in [2.75, 3.05) is 38.0 Å². The summed E-state index contributed by atoms with van der Waals surface area (Å²) in [6, 6.07) is 10.4. The number of rotatable bonds is 7. The molecule has 0 saturated carbocycles. The van der Waals surface area contributed by atoms with Gasteiger partial charge in [-0.2, -0.15) is 0 Å². The van der Waals surface area contributed by atoms with E-state index in [1.54, 1.807) is 42.5 Å². The molecule has 2 rings (SSSR count). The van der Waals surface area contributed by atoms with Crippen LogP contribution in [0.4, 0.5) is 11.4 Å². The number of hydrogen-bond donors (Lipinski definition) is 1. The molecular formula is C19H21ClN2O3. The van der Waals surface area contributed by atoms with E-state index in [9.17, 15) is 4.79 Å². The average Bonchev–Trinajstić information content (AvgIpc) is 2.59. The number of benzene rings is 2. The van der Waals surface area contributed by atoms with Crippen LogP contribution in [0.3, 0.4) is 0 Å². The first-order valence-corrected chi connectivity index (χ1v) is 8.04. The number of carbonyl (C=O) groups excluding carboxylic acids is 1. The fraction of sp³-hybridized carbons (Fsp3) is 0.211. The van der Waals surface area contributed by atoms with E-state index in [1.165, 1.54) is 7.11 Å². The van der Waals surface area contributed by atoms with E-state index in [1.807, 2.05) is 19.0 Å². The highest BCUT2D eigenvalue weighted by Crippen LogP contribution is 2.33. The Morgan fingerprint density at radius 3 is 2.68 bits per heavy atom. The SMILES string of the molecule is C=CCOc1ccc(C(=O)Nc2cccc(Cl)c2N(C)C)cc1OC. The summed E-state index contributed by atoms with van der Waals surface area (Å²) in [6.45, 7) is 3.97. The first kappa shape index (κ1) is 18.7. The molecule has 25 heavy (non-hydrogen) atoms. The summed E-state index contributed by atoms with van der Waals surface area (Å²) in [5, 5.41) is 3.45. The van der Waals surface area contributed by atoms with Crippen LogP contribution in [-0.2, 0) is 0 Å². The summed E-state index contributed by atoms with van der Waals surface area (Å²) in [5.41, 5.74) is 1.83. The van der Waals surface area contributed by atoms with Gasteiger partial charge >= 0.3 is 0 Å². The predicted molar refractivity (Wildman–Crippen MR) is 102 cm³/mol. The van der Waals surface area contributed by atoms with E-state index < -0.39 is 0 Å². The van der Waals surface area contributed by atoms with E-state index in [-0.39, 0.29) is 5.91 Å². The third-order valence-corrected chi connectivity index (χ3v) is 3.77. The second kappa shape index (κ2) is 8.44. The highest BCUT2D eigenvalue weighted by atomic mass is 35.5. The number of nitrogens with one attached hydrogen (secondary N) is 1. The van der Waals surface area contributed by atoms with Crippen molar-refractivity contribution in [3.05, 3.63) is 59.6 Å². The molecule has 0 fully saturated rings. The molecule has 6 heteroatoms. The van der Waals surface area contributed by atoms with Crippen molar-refractivity contribution in [3.8, 4) is 11.5 Å². The number of halogens is 1. The fourth-order valence-electron chi connectivity index (χ4n) is 2.34. The third-order valence-electron chi connectivity index (χ3n) is 3.46. The zero-order valence-electron chi connectivity index (χ0n) is 14.5. The standard InChI is InChI=1S/C19H21ClN2O3/c1-5-11-25-16-10-9-13(12-17(16)24-4)19(23)21-15-8-6-7-14(20)18(15)22(2)3/h5-10,12H,1,11H2,2-4H3,(H,21,23). The van der Waals surface area contributed by atoms with E-state index in [2.05, 4.69) is 11.9 Å². The monoisotopic (exact) mass is 360 g/mol. The maximum absolute atomic E-state index is 12.6. The van der Waals surface area contributed by atoms with Crippen LogP contribution in [0.25, 0.3) is 0 Å². The molecule has 132 valence electrons. The molecule has 0 atom stereocenters. The smallest absolute Gasteiger partial charge is 0.255 e. The van der Waals surface area contributed by atoms with Crippen molar-refractivity contribution >= 4 is 28.9 Å². The molecule has 0 aliphatic heterocycles. The van der Waals surface area contributed by atoms with E-state index in [0.29, 0.717) is 34.4 Å². The molecule has 5 nitrogen and oxygen atoms in total. The van der Waals surface area contributed by atoms with Gasteiger partial charge in [0.15, 0.2) is 11.5 Å². The lowest BCUT2D eigenvalue weighted by molar-refractivity contribution is 0.102. The van der Waals surface area contributed by atoms with E-state index in [0.717, 1.165) is 5.69 Å². The summed E-state index contributed by atoms with van der Waals surface area (Å²) in [4.78, 5) is 14.5. The number of methoxy groups -OCH3 is 1. The van der Waals surface area contributed by atoms with Gasteiger partial charge in [0.2, 0.25) is 0 Å². The second-order valence-electron chi connectivity index (χ2n) is 5.45. The number of amides is 1.